The van der Waals surface area contributed by atoms with Crippen molar-refractivity contribution >= 4 is 39.1 Å². The molecule has 162 valence electrons. The minimum absolute atomic E-state index is 0.114. The molecule has 11 heteroatoms. The number of likely N-dealkylation sites (tertiary alicyclic amines) is 1. The third kappa shape index (κ3) is 6.25. The van der Waals surface area contributed by atoms with Gasteiger partial charge in [-0.1, -0.05) is 19.9 Å². The van der Waals surface area contributed by atoms with Gasteiger partial charge in [0.1, 0.15) is 16.3 Å². The highest BCUT2D eigenvalue weighted by molar-refractivity contribution is 7.91. The molecule has 0 spiro atoms. The molecule has 1 aliphatic heterocycles. The predicted octanol–water partition coefficient (Wildman–Crippen LogP) is 0.422. The zero-order chi connectivity index (χ0) is 21.8. The molecular formula is C18H28N4O5S2. The molecule has 1 fully saturated rings. The molecule has 29 heavy (non-hydrogen) atoms. The smallest absolute Gasteiger partial charge is 0.250 e. The van der Waals surface area contributed by atoms with Crippen molar-refractivity contribution < 1.29 is 22.8 Å². The van der Waals surface area contributed by atoms with Crippen molar-refractivity contribution in [3.05, 3.63) is 17.5 Å². The lowest BCUT2D eigenvalue weighted by molar-refractivity contribution is -0.142. The number of hydrogen-bond acceptors (Lipinski definition) is 6. The van der Waals surface area contributed by atoms with Gasteiger partial charge in [0, 0.05) is 19.5 Å². The fourth-order valence-electron chi connectivity index (χ4n) is 3.38. The number of primary amides is 1. The molecule has 0 unspecified atom stereocenters. The van der Waals surface area contributed by atoms with Gasteiger partial charge >= 0.3 is 0 Å². The maximum Gasteiger partial charge on any atom is 0.250 e. The Labute approximate surface area is 175 Å². The summed E-state index contributed by atoms with van der Waals surface area (Å²) in [5.41, 5.74) is 5.40. The van der Waals surface area contributed by atoms with Gasteiger partial charge in [-0.25, -0.2) is 13.1 Å². The van der Waals surface area contributed by atoms with Crippen LogP contribution in [0.15, 0.2) is 21.7 Å². The van der Waals surface area contributed by atoms with Crippen LogP contribution in [0.4, 0.5) is 0 Å². The molecular weight excluding hydrogens is 416 g/mol. The molecule has 3 amide bonds. The van der Waals surface area contributed by atoms with Crippen LogP contribution in [0.1, 0.15) is 40.0 Å². The summed E-state index contributed by atoms with van der Waals surface area (Å²) in [6.07, 6.45) is 0.880. The molecule has 1 saturated heterocycles. The quantitative estimate of drug-likeness (QED) is 0.533. The molecule has 0 aliphatic carbocycles. The van der Waals surface area contributed by atoms with Crippen LogP contribution < -0.4 is 15.8 Å². The van der Waals surface area contributed by atoms with Crippen molar-refractivity contribution in [3.63, 3.8) is 0 Å². The molecule has 0 aromatic carbocycles. The molecule has 0 radical (unpaired) electrons. The van der Waals surface area contributed by atoms with Gasteiger partial charge in [-0.3, -0.25) is 14.4 Å². The summed E-state index contributed by atoms with van der Waals surface area (Å²) in [5.74, 6) is -1.31. The first-order valence-corrected chi connectivity index (χ1v) is 11.8. The predicted molar refractivity (Wildman–Crippen MR) is 109 cm³/mol. The van der Waals surface area contributed by atoms with E-state index in [9.17, 15) is 22.8 Å². The topological polar surface area (TPSA) is 139 Å². The Morgan fingerprint density at radius 1 is 1.34 bits per heavy atom. The summed E-state index contributed by atoms with van der Waals surface area (Å²) in [6, 6.07) is 0.911. The van der Waals surface area contributed by atoms with Crippen LogP contribution in [0.5, 0.6) is 0 Å². The third-order valence-electron chi connectivity index (χ3n) is 4.76. The highest BCUT2D eigenvalue weighted by Gasteiger charge is 2.37. The first-order chi connectivity index (χ1) is 13.5. The van der Waals surface area contributed by atoms with Gasteiger partial charge < -0.3 is 16.0 Å². The van der Waals surface area contributed by atoms with Crippen molar-refractivity contribution in [2.24, 2.45) is 11.7 Å². The Hall–Kier alpha value is -1.98. The van der Waals surface area contributed by atoms with Crippen molar-refractivity contribution in [1.82, 2.24) is 14.9 Å². The Morgan fingerprint density at radius 3 is 2.55 bits per heavy atom. The number of amides is 3. The minimum Gasteiger partial charge on any atom is -0.368 e. The van der Waals surface area contributed by atoms with E-state index in [1.807, 2.05) is 13.8 Å². The van der Waals surface area contributed by atoms with Crippen LogP contribution in [0, 0.1) is 5.92 Å². The van der Waals surface area contributed by atoms with E-state index in [1.54, 1.807) is 11.4 Å². The number of nitrogens with one attached hydrogen (secondary N) is 2. The Morgan fingerprint density at radius 2 is 2.03 bits per heavy atom. The number of piperidine rings is 1. The molecule has 2 heterocycles. The van der Waals surface area contributed by atoms with Crippen molar-refractivity contribution in [3.8, 4) is 0 Å². The molecule has 1 aromatic heterocycles. The lowest BCUT2D eigenvalue weighted by Crippen LogP contribution is -2.59. The lowest BCUT2D eigenvalue weighted by atomic mass is 9.96. The summed E-state index contributed by atoms with van der Waals surface area (Å²) in [7, 11) is -3.70. The standard InChI is InChI=1S/C18H28N4O5S2/c1-11(2)9-14(17(19)24)20-18(25)15-10-13(6-7-22(15)12(3)23)21-29(26,27)16-5-4-8-28-16/h4-5,8,11,13-15,21H,6-7,9-10H2,1-3H3,(H2,19,24)(H,20,25)/t13-,14+,15+/m0/s1. The zero-order valence-corrected chi connectivity index (χ0v) is 18.4. The summed E-state index contributed by atoms with van der Waals surface area (Å²) in [5, 5.41) is 4.30. The van der Waals surface area contributed by atoms with E-state index in [0.29, 0.717) is 12.8 Å². The Balaban J connectivity index is 2.14. The number of carbonyl (C=O) groups excluding carboxylic acids is 3. The van der Waals surface area contributed by atoms with Gasteiger partial charge in [0.2, 0.25) is 27.7 Å². The van der Waals surface area contributed by atoms with Gasteiger partial charge in [0.15, 0.2) is 0 Å². The Kier molecular flexibility index (Phi) is 7.78. The summed E-state index contributed by atoms with van der Waals surface area (Å²) in [6.45, 7) is 5.40. The van der Waals surface area contributed by atoms with E-state index in [1.165, 1.54) is 17.9 Å². The second-order valence-corrected chi connectivity index (χ2v) is 10.5. The lowest BCUT2D eigenvalue weighted by Gasteiger charge is -2.38. The molecule has 9 nitrogen and oxygen atoms in total. The van der Waals surface area contributed by atoms with Gasteiger partial charge in [-0.2, -0.15) is 0 Å². The van der Waals surface area contributed by atoms with Crippen LogP contribution in [0.25, 0.3) is 0 Å². The van der Waals surface area contributed by atoms with Crippen molar-refractivity contribution in [1.29, 1.82) is 0 Å². The second kappa shape index (κ2) is 9.68. The number of thiophene rings is 1. The normalized spacial score (nSPS) is 21.0. The van der Waals surface area contributed by atoms with E-state index < -0.39 is 40.0 Å². The van der Waals surface area contributed by atoms with E-state index in [-0.39, 0.29) is 29.0 Å². The van der Waals surface area contributed by atoms with Crippen LogP contribution in [-0.4, -0.2) is 55.7 Å². The second-order valence-electron chi connectivity index (χ2n) is 7.60. The Bertz CT molecular complexity index is 838. The first-order valence-electron chi connectivity index (χ1n) is 9.44. The largest absolute Gasteiger partial charge is 0.368 e. The number of carbonyl (C=O) groups is 3. The molecule has 0 bridgehead atoms. The van der Waals surface area contributed by atoms with E-state index in [0.717, 1.165) is 11.3 Å². The molecule has 0 saturated carbocycles. The van der Waals surface area contributed by atoms with Gasteiger partial charge in [-0.15, -0.1) is 11.3 Å². The number of nitrogens with zero attached hydrogens (tertiary/aromatic N) is 1. The molecule has 1 aromatic rings. The maximum atomic E-state index is 12.9. The molecule has 3 atom stereocenters. The highest BCUT2D eigenvalue weighted by atomic mass is 32.2. The fourth-order valence-corrected chi connectivity index (χ4v) is 5.67. The third-order valence-corrected chi connectivity index (χ3v) is 7.68. The number of nitrogens with two attached hydrogens (primary N) is 1. The zero-order valence-electron chi connectivity index (χ0n) is 16.8. The number of sulfonamides is 1. The van der Waals surface area contributed by atoms with Crippen LogP contribution in [0.2, 0.25) is 0 Å². The number of rotatable bonds is 8. The van der Waals surface area contributed by atoms with Crippen LogP contribution >= 0.6 is 11.3 Å². The number of hydrogen-bond donors (Lipinski definition) is 3. The highest BCUT2D eigenvalue weighted by Crippen LogP contribution is 2.22. The molecule has 2 rings (SSSR count). The van der Waals surface area contributed by atoms with Crippen molar-refractivity contribution in [2.75, 3.05) is 6.54 Å². The molecule has 4 N–H and O–H groups in total. The monoisotopic (exact) mass is 444 g/mol. The molecule has 1 aliphatic rings. The van der Waals surface area contributed by atoms with Gasteiger partial charge in [0.25, 0.3) is 0 Å². The summed E-state index contributed by atoms with van der Waals surface area (Å²) < 4.78 is 27.8. The first kappa shape index (κ1) is 23.3. The van der Waals surface area contributed by atoms with E-state index in [4.69, 9.17) is 5.73 Å². The van der Waals surface area contributed by atoms with Gasteiger partial charge in [-0.05, 0) is 36.6 Å². The average molecular weight is 445 g/mol. The maximum absolute atomic E-state index is 12.9. The minimum atomic E-state index is -3.70. The van der Waals surface area contributed by atoms with Crippen LogP contribution in [0.3, 0.4) is 0 Å². The van der Waals surface area contributed by atoms with Gasteiger partial charge in [0.05, 0.1) is 0 Å². The van der Waals surface area contributed by atoms with E-state index in [2.05, 4.69) is 10.0 Å². The summed E-state index contributed by atoms with van der Waals surface area (Å²) >= 11 is 1.10. The van der Waals surface area contributed by atoms with Crippen molar-refractivity contribution in [2.45, 2.75) is 62.4 Å². The van der Waals surface area contributed by atoms with E-state index >= 15 is 0 Å². The SMILES string of the molecule is CC(=O)N1CC[C@H](NS(=O)(=O)c2cccs2)C[C@@H]1C(=O)N[C@H](CC(C)C)C(N)=O. The van der Waals surface area contributed by atoms with Crippen LogP contribution in [-0.2, 0) is 24.4 Å². The fraction of sp³-hybridized carbons (Fsp3) is 0.611. The average Bonchev–Trinajstić information content (AvgIpc) is 3.15. The summed E-state index contributed by atoms with van der Waals surface area (Å²) in [4.78, 5) is 38.0.